The lowest BCUT2D eigenvalue weighted by atomic mass is 10.3. The SMILES string of the molecule is CN(C)C(=O)C(=O)NCCNc1nc2c(N3CCOCC3)nc(-c3cnc(N)nc3)nc2n1CC(F)(F)F. The Morgan fingerprint density at radius 1 is 1.11 bits per heavy atom. The molecule has 3 aromatic rings. The smallest absolute Gasteiger partial charge is 0.378 e. The van der Waals surface area contributed by atoms with Gasteiger partial charge in [0.05, 0.1) is 18.8 Å². The topological polar surface area (TPSA) is 169 Å². The Morgan fingerprint density at radius 3 is 2.42 bits per heavy atom. The number of anilines is 3. The highest BCUT2D eigenvalue weighted by Gasteiger charge is 2.32. The van der Waals surface area contributed by atoms with E-state index in [1.54, 1.807) is 0 Å². The zero-order valence-corrected chi connectivity index (χ0v) is 20.6. The van der Waals surface area contributed by atoms with Crippen molar-refractivity contribution < 1.29 is 27.5 Å². The number of hydrogen-bond donors (Lipinski definition) is 3. The molecule has 17 heteroatoms. The van der Waals surface area contributed by atoms with Gasteiger partial charge in [0.15, 0.2) is 22.8 Å². The number of morpholine rings is 1. The number of rotatable bonds is 7. The van der Waals surface area contributed by atoms with Crippen LogP contribution in [-0.2, 0) is 20.9 Å². The maximum Gasteiger partial charge on any atom is 0.406 e. The lowest BCUT2D eigenvalue weighted by Crippen LogP contribution is -2.41. The largest absolute Gasteiger partial charge is 0.406 e. The fraction of sp³-hybridized carbons (Fsp3) is 0.476. The van der Waals surface area contributed by atoms with Gasteiger partial charge in [-0.1, -0.05) is 0 Å². The normalized spacial score (nSPS) is 14.0. The average Bonchev–Trinajstić information content (AvgIpc) is 3.22. The summed E-state index contributed by atoms with van der Waals surface area (Å²) >= 11 is 0. The first-order chi connectivity index (χ1) is 18.0. The summed E-state index contributed by atoms with van der Waals surface area (Å²) < 4.78 is 47.2. The molecular formula is C21H26F3N11O3. The van der Waals surface area contributed by atoms with E-state index in [2.05, 4.69) is 35.6 Å². The second kappa shape index (κ2) is 11.0. The van der Waals surface area contributed by atoms with Crippen LogP contribution in [0.5, 0.6) is 0 Å². The molecule has 0 bridgehead atoms. The highest BCUT2D eigenvalue weighted by Crippen LogP contribution is 2.32. The van der Waals surface area contributed by atoms with Gasteiger partial charge in [-0.2, -0.15) is 13.2 Å². The van der Waals surface area contributed by atoms with E-state index >= 15 is 0 Å². The van der Waals surface area contributed by atoms with Crippen LogP contribution in [0.1, 0.15) is 0 Å². The number of hydrogen-bond acceptors (Lipinski definition) is 11. The minimum atomic E-state index is -4.59. The van der Waals surface area contributed by atoms with Crippen LogP contribution in [0, 0.1) is 0 Å². The number of carbonyl (C=O) groups is 2. The van der Waals surface area contributed by atoms with Crippen LogP contribution >= 0.6 is 0 Å². The summed E-state index contributed by atoms with van der Waals surface area (Å²) in [6.45, 7) is 0.289. The number of fused-ring (bicyclic) bond motifs is 1. The first-order valence-corrected chi connectivity index (χ1v) is 11.5. The molecule has 3 aromatic heterocycles. The molecule has 14 nitrogen and oxygen atoms in total. The summed E-state index contributed by atoms with van der Waals surface area (Å²) in [4.78, 5) is 47.8. The van der Waals surface area contributed by atoms with Gasteiger partial charge in [0.2, 0.25) is 11.9 Å². The molecule has 0 spiro atoms. The van der Waals surface area contributed by atoms with E-state index in [0.29, 0.717) is 37.7 Å². The van der Waals surface area contributed by atoms with Gasteiger partial charge in [-0.15, -0.1) is 0 Å². The molecule has 38 heavy (non-hydrogen) atoms. The lowest BCUT2D eigenvalue weighted by Gasteiger charge is -2.28. The van der Waals surface area contributed by atoms with E-state index in [1.165, 1.54) is 26.5 Å². The van der Waals surface area contributed by atoms with E-state index in [9.17, 15) is 22.8 Å². The van der Waals surface area contributed by atoms with Gasteiger partial charge in [-0.3, -0.25) is 14.2 Å². The second-order valence-corrected chi connectivity index (χ2v) is 8.49. The van der Waals surface area contributed by atoms with Gasteiger partial charge >= 0.3 is 18.0 Å². The third-order valence-corrected chi connectivity index (χ3v) is 5.45. The number of nitrogens with one attached hydrogen (secondary N) is 2. The van der Waals surface area contributed by atoms with Crippen molar-refractivity contribution in [2.75, 3.05) is 69.4 Å². The number of nitrogens with zero attached hydrogens (tertiary/aromatic N) is 8. The molecule has 0 unspecified atom stereocenters. The number of alkyl halides is 3. The van der Waals surface area contributed by atoms with Crippen LogP contribution < -0.4 is 21.3 Å². The van der Waals surface area contributed by atoms with E-state index in [0.717, 1.165) is 9.47 Å². The Morgan fingerprint density at radius 2 is 1.79 bits per heavy atom. The van der Waals surface area contributed by atoms with Gasteiger partial charge in [0.25, 0.3) is 0 Å². The number of nitrogens with two attached hydrogens (primary N) is 1. The molecule has 4 heterocycles. The summed E-state index contributed by atoms with van der Waals surface area (Å²) in [6, 6.07) is 0. The Kier molecular flexibility index (Phi) is 7.75. The number of aromatic nitrogens is 6. The first-order valence-electron chi connectivity index (χ1n) is 11.5. The van der Waals surface area contributed by atoms with Crippen LogP contribution in [0.3, 0.4) is 0 Å². The highest BCUT2D eigenvalue weighted by molar-refractivity contribution is 6.34. The number of imidazole rings is 1. The molecule has 1 aliphatic rings. The standard InChI is InChI=1S/C21H26F3N11O3/c1-33(2)18(37)17(36)26-3-4-27-20-30-13-15(34-5-7-38-8-6-34)31-14(12-9-28-19(25)29-10-12)32-16(13)35(20)11-21(22,23)24/h9-10H,3-8,11H2,1-2H3,(H,26,36)(H,27,30)(H2,25,28,29). The minimum absolute atomic E-state index is 0.00734. The molecule has 4 rings (SSSR count). The molecule has 1 saturated heterocycles. The molecule has 204 valence electrons. The highest BCUT2D eigenvalue weighted by atomic mass is 19.4. The second-order valence-electron chi connectivity index (χ2n) is 8.49. The maximum absolute atomic E-state index is 13.6. The number of carbonyl (C=O) groups excluding carboxylic acids is 2. The Hall–Kier alpha value is -4.28. The number of ether oxygens (including phenoxy) is 1. The van der Waals surface area contributed by atoms with E-state index in [1.807, 2.05) is 4.90 Å². The van der Waals surface area contributed by atoms with Crippen molar-refractivity contribution in [1.29, 1.82) is 0 Å². The van der Waals surface area contributed by atoms with Crippen LogP contribution in [0.4, 0.5) is 30.9 Å². The third-order valence-electron chi connectivity index (χ3n) is 5.45. The van der Waals surface area contributed by atoms with Crippen molar-refractivity contribution in [3.05, 3.63) is 12.4 Å². The zero-order valence-electron chi connectivity index (χ0n) is 20.6. The Labute approximate surface area is 214 Å². The van der Waals surface area contributed by atoms with E-state index < -0.39 is 24.5 Å². The van der Waals surface area contributed by atoms with E-state index in [4.69, 9.17) is 10.5 Å². The summed E-state index contributed by atoms with van der Waals surface area (Å²) in [6.07, 6.45) is -1.83. The van der Waals surface area contributed by atoms with E-state index in [-0.39, 0.29) is 42.0 Å². The molecule has 0 saturated carbocycles. The molecule has 0 atom stereocenters. The molecule has 0 aromatic carbocycles. The van der Waals surface area contributed by atoms with Crippen LogP contribution in [0.15, 0.2) is 12.4 Å². The lowest BCUT2D eigenvalue weighted by molar-refractivity contribution is -0.144. The summed E-state index contributed by atoms with van der Waals surface area (Å²) in [7, 11) is 2.86. The van der Waals surface area contributed by atoms with Crippen molar-refractivity contribution in [3.63, 3.8) is 0 Å². The Bertz CT molecular complexity index is 1310. The molecule has 4 N–H and O–H groups in total. The monoisotopic (exact) mass is 537 g/mol. The molecule has 1 aliphatic heterocycles. The van der Waals surface area contributed by atoms with Gasteiger partial charge in [0, 0.05) is 52.7 Å². The van der Waals surface area contributed by atoms with Crippen LogP contribution in [0.25, 0.3) is 22.6 Å². The average molecular weight is 538 g/mol. The first kappa shape index (κ1) is 26.8. The number of halogens is 3. The predicted octanol–water partition coefficient (Wildman–Crippen LogP) is -0.119. The van der Waals surface area contributed by atoms with Gasteiger partial charge in [-0.05, 0) is 0 Å². The summed E-state index contributed by atoms with van der Waals surface area (Å²) in [5.74, 6) is -1.26. The van der Waals surface area contributed by atoms with Crippen molar-refractivity contribution in [1.82, 2.24) is 39.7 Å². The molecule has 2 amide bonds. The van der Waals surface area contributed by atoms with Gasteiger partial charge in [-0.25, -0.2) is 24.9 Å². The minimum Gasteiger partial charge on any atom is -0.378 e. The molecular weight excluding hydrogens is 511 g/mol. The number of likely N-dealkylation sites (N-methyl/N-ethyl adjacent to an activating group) is 1. The Balaban J connectivity index is 1.72. The van der Waals surface area contributed by atoms with Gasteiger partial charge in [0.1, 0.15) is 6.54 Å². The van der Waals surface area contributed by atoms with Crippen molar-refractivity contribution in [2.24, 2.45) is 0 Å². The van der Waals surface area contributed by atoms with Crippen molar-refractivity contribution in [2.45, 2.75) is 12.7 Å². The van der Waals surface area contributed by atoms with Crippen molar-refractivity contribution >= 4 is 40.7 Å². The fourth-order valence-corrected chi connectivity index (χ4v) is 3.66. The predicted molar refractivity (Wildman–Crippen MR) is 130 cm³/mol. The van der Waals surface area contributed by atoms with Crippen LogP contribution in [0.2, 0.25) is 0 Å². The molecule has 1 fully saturated rings. The zero-order chi connectivity index (χ0) is 27.4. The number of amides is 2. The molecule has 0 radical (unpaired) electrons. The quantitative estimate of drug-likeness (QED) is 0.271. The van der Waals surface area contributed by atoms with Crippen molar-refractivity contribution in [3.8, 4) is 11.4 Å². The fourth-order valence-electron chi connectivity index (χ4n) is 3.66. The number of nitrogen functional groups attached to an aromatic ring is 1. The summed E-state index contributed by atoms with van der Waals surface area (Å²) in [5, 5.41) is 5.21. The molecule has 0 aliphatic carbocycles. The third kappa shape index (κ3) is 6.16. The maximum atomic E-state index is 13.6. The summed E-state index contributed by atoms with van der Waals surface area (Å²) in [5.41, 5.74) is 6.03. The van der Waals surface area contributed by atoms with Gasteiger partial charge < -0.3 is 30.9 Å². The van der Waals surface area contributed by atoms with Crippen LogP contribution in [-0.4, -0.2) is 106 Å².